The second-order valence-electron chi connectivity index (χ2n) is 5.67. The topological polar surface area (TPSA) is 77.6 Å². The maximum atomic E-state index is 12.6. The summed E-state index contributed by atoms with van der Waals surface area (Å²) in [6.45, 7) is 2.24. The van der Waals surface area contributed by atoms with Crippen LogP contribution >= 0.6 is 0 Å². The highest BCUT2D eigenvalue weighted by molar-refractivity contribution is 5.97. The van der Waals surface area contributed by atoms with E-state index in [0.717, 1.165) is 12.3 Å². The summed E-state index contributed by atoms with van der Waals surface area (Å²) in [6.07, 6.45) is -3.74. The monoisotopic (exact) mass is 343 g/mol. The largest absolute Gasteiger partial charge is 0.417 e. The summed E-state index contributed by atoms with van der Waals surface area (Å²) in [6, 6.07) is 1.86. The van der Waals surface area contributed by atoms with Crippen LogP contribution in [-0.2, 0) is 11.0 Å². The van der Waals surface area contributed by atoms with Crippen molar-refractivity contribution in [1.82, 2.24) is 20.5 Å². The molecule has 0 bridgehead atoms. The molecule has 3 rings (SSSR count). The molecular formula is C14H16F3N5O2. The number of rotatable bonds is 2. The second kappa shape index (κ2) is 6.27. The van der Waals surface area contributed by atoms with Gasteiger partial charge in [-0.3, -0.25) is 15.0 Å². The number of hydrogen-bond donors (Lipinski definition) is 2. The molecule has 2 aliphatic rings. The fourth-order valence-electron chi connectivity index (χ4n) is 2.82. The number of hydrogen-bond acceptors (Lipinski definition) is 5. The van der Waals surface area contributed by atoms with Crippen molar-refractivity contribution in [3.05, 3.63) is 23.9 Å². The quantitative estimate of drug-likeness (QED) is 0.830. The standard InChI is InChI=1S/C14H16F3N5O2/c15-14(16,17)9-1-2-10(18-8-9)21-3-5-22(6-4-21)11-7-12(23)20-13(24)19-11/h1-2,8,11H,3-7H2,(H2,19,20,23,24). The second-order valence-corrected chi connectivity index (χ2v) is 5.67. The van der Waals surface area contributed by atoms with Crippen LogP contribution in [0.3, 0.4) is 0 Å². The minimum atomic E-state index is -4.40. The minimum absolute atomic E-state index is 0.185. The fraction of sp³-hybridized carbons (Fsp3) is 0.500. The predicted molar refractivity (Wildman–Crippen MR) is 78.1 cm³/mol. The highest BCUT2D eigenvalue weighted by atomic mass is 19.4. The Bertz CT molecular complexity index is 610. The molecule has 1 aromatic rings. The molecule has 0 spiro atoms. The molecule has 3 heterocycles. The van der Waals surface area contributed by atoms with Gasteiger partial charge in [0.25, 0.3) is 0 Å². The molecule has 0 aromatic carbocycles. The summed E-state index contributed by atoms with van der Waals surface area (Å²) in [7, 11) is 0. The molecule has 3 amide bonds. The van der Waals surface area contributed by atoms with Gasteiger partial charge in [-0.1, -0.05) is 0 Å². The molecular weight excluding hydrogens is 327 g/mol. The highest BCUT2D eigenvalue weighted by Gasteiger charge is 2.32. The molecule has 2 fully saturated rings. The van der Waals surface area contributed by atoms with Crippen molar-refractivity contribution in [2.75, 3.05) is 31.1 Å². The SMILES string of the molecule is O=C1CC(N2CCN(c3ccc(C(F)(F)F)cn3)CC2)NC(=O)N1. The van der Waals surface area contributed by atoms with Gasteiger partial charge in [-0.2, -0.15) is 13.2 Å². The van der Waals surface area contributed by atoms with Gasteiger partial charge in [0.05, 0.1) is 18.2 Å². The number of imide groups is 1. The van der Waals surface area contributed by atoms with Crippen molar-refractivity contribution < 1.29 is 22.8 Å². The van der Waals surface area contributed by atoms with Gasteiger partial charge in [0.1, 0.15) is 5.82 Å². The normalized spacial score (nSPS) is 23.0. The Morgan fingerprint density at radius 1 is 1.12 bits per heavy atom. The van der Waals surface area contributed by atoms with Crippen LogP contribution in [-0.4, -0.2) is 54.2 Å². The van der Waals surface area contributed by atoms with Gasteiger partial charge in [0.2, 0.25) is 5.91 Å². The van der Waals surface area contributed by atoms with E-state index in [0.29, 0.717) is 32.0 Å². The predicted octanol–water partition coefficient (Wildman–Crippen LogP) is 0.778. The Kier molecular flexibility index (Phi) is 4.31. The van der Waals surface area contributed by atoms with E-state index in [1.54, 1.807) is 0 Å². The smallest absolute Gasteiger partial charge is 0.354 e. The van der Waals surface area contributed by atoms with Gasteiger partial charge in [-0.05, 0) is 12.1 Å². The lowest BCUT2D eigenvalue weighted by atomic mass is 10.2. The van der Waals surface area contributed by atoms with Gasteiger partial charge in [0, 0.05) is 32.4 Å². The van der Waals surface area contributed by atoms with E-state index in [4.69, 9.17) is 0 Å². The molecule has 2 N–H and O–H groups in total. The van der Waals surface area contributed by atoms with Crippen molar-refractivity contribution in [3.63, 3.8) is 0 Å². The van der Waals surface area contributed by atoms with Gasteiger partial charge >= 0.3 is 12.2 Å². The average molecular weight is 343 g/mol. The lowest BCUT2D eigenvalue weighted by Gasteiger charge is -2.40. The molecule has 2 aliphatic heterocycles. The molecule has 1 atom stereocenters. The van der Waals surface area contributed by atoms with Crippen molar-refractivity contribution in [3.8, 4) is 0 Å². The first-order valence-electron chi connectivity index (χ1n) is 7.45. The first-order valence-corrected chi connectivity index (χ1v) is 7.45. The maximum absolute atomic E-state index is 12.6. The zero-order valence-corrected chi connectivity index (χ0v) is 12.6. The molecule has 7 nitrogen and oxygen atoms in total. The Morgan fingerprint density at radius 2 is 1.83 bits per heavy atom. The lowest BCUT2D eigenvalue weighted by Crippen LogP contribution is -2.62. The summed E-state index contributed by atoms with van der Waals surface area (Å²) in [5.74, 6) is 0.156. The fourth-order valence-corrected chi connectivity index (χ4v) is 2.82. The minimum Gasteiger partial charge on any atom is -0.354 e. The first kappa shape index (κ1) is 16.5. The summed E-state index contributed by atoms with van der Waals surface area (Å²) in [5, 5.41) is 4.86. The third kappa shape index (κ3) is 3.58. The van der Waals surface area contributed by atoms with Gasteiger partial charge in [0.15, 0.2) is 0 Å². The number of anilines is 1. The van der Waals surface area contributed by atoms with E-state index in [-0.39, 0.29) is 18.5 Å². The van der Waals surface area contributed by atoms with Gasteiger partial charge < -0.3 is 10.2 Å². The molecule has 10 heteroatoms. The number of urea groups is 1. The molecule has 0 radical (unpaired) electrons. The van der Waals surface area contributed by atoms with E-state index in [1.165, 1.54) is 6.07 Å². The van der Waals surface area contributed by atoms with E-state index >= 15 is 0 Å². The van der Waals surface area contributed by atoms with E-state index in [1.807, 2.05) is 9.80 Å². The maximum Gasteiger partial charge on any atom is 0.417 e. The first-order chi connectivity index (χ1) is 11.3. The van der Waals surface area contributed by atoms with Crippen LogP contribution < -0.4 is 15.5 Å². The molecule has 0 saturated carbocycles. The van der Waals surface area contributed by atoms with Crippen LogP contribution in [0, 0.1) is 0 Å². The van der Waals surface area contributed by atoms with Crippen LogP contribution in [0.2, 0.25) is 0 Å². The Hall–Kier alpha value is -2.36. The van der Waals surface area contributed by atoms with E-state index < -0.39 is 17.8 Å². The van der Waals surface area contributed by atoms with Crippen LogP contribution in [0.25, 0.3) is 0 Å². The number of amides is 3. The summed E-state index contributed by atoms with van der Waals surface area (Å²) in [4.78, 5) is 30.5. The zero-order valence-electron chi connectivity index (χ0n) is 12.6. The number of piperazine rings is 1. The number of aromatic nitrogens is 1. The zero-order chi connectivity index (χ0) is 17.3. The number of carbonyl (C=O) groups is 2. The molecule has 24 heavy (non-hydrogen) atoms. The number of carbonyl (C=O) groups excluding carboxylic acids is 2. The Balaban J connectivity index is 1.59. The van der Waals surface area contributed by atoms with Crippen molar-refractivity contribution in [1.29, 1.82) is 0 Å². The number of nitrogens with one attached hydrogen (secondary N) is 2. The summed E-state index contributed by atoms with van der Waals surface area (Å²) < 4.78 is 37.7. The highest BCUT2D eigenvalue weighted by Crippen LogP contribution is 2.29. The number of pyridine rings is 1. The third-order valence-electron chi connectivity index (χ3n) is 4.08. The number of nitrogens with zero attached hydrogens (tertiary/aromatic N) is 3. The molecule has 1 unspecified atom stereocenters. The number of halogens is 3. The molecule has 1 aromatic heterocycles. The van der Waals surface area contributed by atoms with Gasteiger partial charge in [-0.25, -0.2) is 9.78 Å². The van der Waals surface area contributed by atoms with Crippen molar-refractivity contribution in [2.24, 2.45) is 0 Å². The van der Waals surface area contributed by atoms with E-state index in [9.17, 15) is 22.8 Å². The Labute approximate surface area is 135 Å². The Morgan fingerprint density at radius 3 is 2.38 bits per heavy atom. The van der Waals surface area contributed by atoms with Gasteiger partial charge in [-0.15, -0.1) is 0 Å². The lowest BCUT2D eigenvalue weighted by molar-refractivity contribution is -0.137. The molecule has 0 aliphatic carbocycles. The van der Waals surface area contributed by atoms with Crippen LogP contribution in [0.5, 0.6) is 0 Å². The van der Waals surface area contributed by atoms with Crippen LogP contribution in [0.1, 0.15) is 12.0 Å². The summed E-state index contributed by atoms with van der Waals surface area (Å²) >= 11 is 0. The third-order valence-corrected chi connectivity index (χ3v) is 4.08. The van der Waals surface area contributed by atoms with Crippen molar-refractivity contribution in [2.45, 2.75) is 18.8 Å². The molecule has 130 valence electrons. The average Bonchev–Trinajstić information content (AvgIpc) is 2.53. The summed E-state index contributed by atoms with van der Waals surface area (Å²) in [5.41, 5.74) is -0.777. The number of alkyl halides is 3. The van der Waals surface area contributed by atoms with E-state index in [2.05, 4.69) is 15.6 Å². The molecule has 2 saturated heterocycles. The van der Waals surface area contributed by atoms with Crippen LogP contribution in [0.15, 0.2) is 18.3 Å². The van der Waals surface area contributed by atoms with Crippen LogP contribution in [0.4, 0.5) is 23.8 Å². The van der Waals surface area contributed by atoms with Crippen molar-refractivity contribution >= 4 is 17.8 Å².